The summed E-state index contributed by atoms with van der Waals surface area (Å²) in [4.78, 5) is 15.4. The van der Waals surface area contributed by atoms with Crippen LogP contribution in [0.1, 0.15) is 5.56 Å². The molecule has 108 valence electrons. The molecule has 0 unspecified atom stereocenters. The molecule has 1 aliphatic heterocycles. The molecule has 0 saturated heterocycles. The Balaban J connectivity index is 2.00. The van der Waals surface area contributed by atoms with E-state index in [0.29, 0.717) is 16.9 Å². The number of sulfonamides is 1. The van der Waals surface area contributed by atoms with Crippen molar-refractivity contribution in [3.8, 4) is 0 Å². The average Bonchev–Trinajstić information content (AvgIpc) is 2.86. The molecule has 1 N–H and O–H groups in total. The molecular weight excluding hydrogens is 290 g/mol. The SMILES string of the molecule is CN(c1cccnc1)S(=O)(=O)c1ccc2c(c1)CC(=O)N2. The Hall–Kier alpha value is -2.41. The lowest BCUT2D eigenvalue weighted by Gasteiger charge is -2.19. The predicted molar refractivity (Wildman–Crippen MR) is 78.6 cm³/mol. The van der Waals surface area contributed by atoms with Crippen LogP contribution in [0.2, 0.25) is 0 Å². The van der Waals surface area contributed by atoms with Crippen LogP contribution < -0.4 is 9.62 Å². The molecule has 1 aromatic carbocycles. The van der Waals surface area contributed by atoms with Crippen LogP contribution in [0.4, 0.5) is 11.4 Å². The molecule has 3 rings (SSSR count). The lowest BCUT2D eigenvalue weighted by molar-refractivity contribution is -0.115. The van der Waals surface area contributed by atoms with E-state index in [2.05, 4.69) is 10.3 Å². The van der Waals surface area contributed by atoms with Crippen LogP contribution in [0, 0.1) is 0 Å². The van der Waals surface area contributed by atoms with Gasteiger partial charge in [0, 0.05) is 18.9 Å². The maximum atomic E-state index is 12.6. The highest BCUT2D eigenvalue weighted by Crippen LogP contribution is 2.28. The number of nitrogens with one attached hydrogen (secondary N) is 1. The second-order valence-corrected chi connectivity index (χ2v) is 6.70. The summed E-state index contributed by atoms with van der Waals surface area (Å²) in [7, 11) is -2.20. The number of aromatic nitrogens is 1. The standard InChI is InChI=1S/C14H13N3O3S/c1-17(11-3-2-6-15-9-11)21(19,20)12-4-5-13-10(7-12)8-14(18)16-13/h2-7,9H,8H2,1H3,(H,16,18). The number of anilines is 2. The number of fused-ring (bicyclic) bond motifs is 1. The molecule has 1 aliphatic rings. The molecule has 2 heterocycles. The number of benzene rings is 1. The third kappa shape index (κ3) is 2.36. The predicted octanol–water partition coefficient (Wildman–Crippen LogP) is 1.40. The van der Waals surface area contributed by atoms with Crippen molar-refractivity contribution in [2.45, 2.75) is 11.3 Å². The number of rotatable bonds is 3. The van der Waals surface area contributed by atoms with Crippen LogP contribution in [0.3, 0.4) is 0 Å². The minimum atomic E-state index is -3.68. The Morgan fingerprint density at radius 3 is 2.81 bits per heavy atom. The summed E-state index contributed by atoms with van der Waals surface area (Å²) in [5, 5.41) is 2.68. The second-order valence-electron chi connectivity index (χ2n) is 4.73. The Labute approximate surface area is 122 Å². The highest BCUT2D eigenvalue weighted by Gasteiger charge is 2.25. The van der Waals surface area contributed by atoms with Gasteiger partial charge in [0.25, 0.3) is 10.0 Å². The first-order chi connectivity index (χ1) is 9.98. The van der Waals surface area contributed by atoms with Crippen LogP contribution in [-0.2, 0) is 21.2 Å². The van der Waals surface area contributed by atoms with Gasteiger partial charge < -0.3 is 5.32 Å². The maximum Gasteiger partial charge on any atom is 0.264 e. The maximum absolute atomic E-state index is 12.6. The number of pyridine rings is 1. The summed E-state index contributed by atoms with van der Waals surface area (Å²) in [5.41, 5.74) is 1.84. The Morgan fingerprint density at radius 1 is 1.29 bits per heavy atom. The van der Waals surface area contributed by atoms with Crippen molar-refractivity contribution in [3.05, 3.63) is 48.3 Å². The largest absolute Gasteiger partial charge is 0.326 e. The van der Waals surface area contributed by atoms with Gasteiger partial charge in [-0.2, -0.15) is 0 Å². The Kier molecular flexibility index (Phi) is 3.13. The summed E-state index contributed by atoms with van der Waals surface area (Å²) in [5.74, 6) is -0.125. The quantitative estimate of drug-likeness (QED) is 0.929. The van der Waals surface area contributed by atoms with Gasteiger partial charge >= 0.3 is 0 Å². The Bertz CT molecular complexity index is 803. The van der Waals surface area contributed by atoms with Gasteiger partial charge in [-0.05, 0) is 35.9 Å². The number of hydrogen-bond acceptors (Lipinski definition) is 4. The van der Waals surface area contributed by atoms with E-state index in [4.69, 9.17) is 0 Å². The zero-order chi connectivity index (χ0) is 15.0. The molecule has 7 heteroatoms. The van der Waals surface area contributed by atoms with Gasteiger partial charge in [0.2, 0.25) is 5.91 Å². The zero-order valence-corrected chi connectivity index (χ0v) is 12.1. The first kappa shape index (κ1) is 13.6. The molecule has 0 saturated carbocycles. The molecule has 0 radical (unpaired) electrons. The van der Waals surface area contributed by atoms with E-state index in [1.165, 1.54) is 29.7 Å². The number of hydrogen-bond donors (Lipinski definition) is 1. The third-order valence-corrected chi connectivity index (χ3v) is 5.15. The van der Waals surface area contributed by atoms with E-state index in [1.54, 1.807) is 24.4 Å². The summed E-state index contributed by atoms with van der Waals surface area (Å²) in [6.45, 7) is 0. The number of carbonyl (C=O) groups is 1. The van der Waals surface area contributed by atoms with Crippen LogP contribution in [0.25, 0.3) is 0 Å². The molecule has 1 aromatic heterocycles. The molecule has 1 amide bonds. The van der Waals surface area contributed by atoms with Crippen molar-refractivity contribution >= 4 is 27.3 Å². The summed E-state index contributed by atoms with van der Waals surface area (Å²) >= 11 is 0. The zero-order valence-electron chi connectivity index (χ0n) is 11.3. The highest BCUT2D eigenvalue weighted by molar-refractivity contribution is 7.92. The van der Waals surface area contributed by atoms with Gasteiger partial charge in [-0.3, -0.25) is 14.1 Å². The molecule has 0 bridgehead atoms. The fourth-order valence-corrected chi connectivity index (χ4v) is 3.44. The second kappa shape index (κ2) is 4.85. The first-order valence-corrected chi connectivity index (χ1v) is 7.74. The molecule has 6 nitrogen and oxygen atoms in total. The van der Waals surface area contributed by atoms with Gasteiger partial charge in [0.1, 0.15) is 0 Å². The number of carbonyl (C=O) groups excluding carboxylic acids is 1. The van der Waals surface area contributed by atoms with Crippen molar-refractivity contribution < 1.29 is 13.2 Å². The molecule has 21 heavy (non-hydrogen) atoms. The van der Waals surface area contributed by atoms with Crippen LogP contribution >= 0.6 is 0 Å². The molecular formula is C14H13N3O3S. The first-order valence-electron chi connectivity index (χ1n) is 6.30. The van der Waals surface area contributed by atoms with Crippen LogP contribution in [0.5, 0.6) is 0 Å². The lowest BCUT2D eigenvalue weighted by atomic mass is 10.2. The van der Waals surface area contributed by atoms with E-state index >= 15 is 0 Å². The molecule has 0 spiro atoms. The molecule has 2 aromatic rings. The van der Waals surface area contributed by atoms with Gasteiger partial charge in [0.05, 0.1) is 23.2 Å². The van der Waals surface area contributed by atoms with E-state index < -0.39 is 10.0 Å². The summed E-state index contributed by atoms with van der Waals surface area (Å²) < 4.78 is 26.4. The van der Waals surface area contributed by atoms with Crippen molar-refractivity contribution in [3.63, 3.8) is 0 Å². The van der Waals surface area contributed by atoms with Gasteiger partial charge in [0.15, 0.2) is 0 Å². The summed E-state index contributed by atoms with van der Waals surface area (Å²) in [6, 6.07) is 7.99. The average molecular weight is 303 g/mol. The Morgan fingerprint density at radius 2 is 2.10 bits per heavy atom. The van der Waals surface area contributed by atoms with E-state index in [-0.39, 0.29) is 17.2 Å². The van der Waals surface area contributed by atoms with Gasteiger partial charge in [-0.15, -0.1) is 0 Å². The molecule has 0 fully saturated rings. The third-order valence-electron chi connectivity index (χ3n) is 3.37. The monoisotopic (exact) mass is 303 g/mol. The van der Waals surface area contributed by atoms with E-state index in [9.17, 15) is 13.2 Å². The number of nitrogens with zero attached hydrogens (tertiary/aromatic N) is 2. The summed E-state index contributed by atoms with van der Waals surface area (Å²) in [6.07, 6.45) is 3.27. The van der Waals surface area contributed by atoms with E-state index in [1.807, 2.05) is 0 Å². The topological polar surface area (TPSA) is 79.4 Å². The highest BCUT2D eigenvalue weighted by atomic mass is 32.2. The minimum absolute atomic E-state index is 0.125. The van der Waals surface area contributed by atoms with Crippen molar-refractivity contribution in [2.75, 3.05) is 16.7 Å². The minimum Gasteiger partial charge on any atom is -0.326 e. The van der Waals surface area contributed by atoms with E-state index in [0.717, 1.165) is 0 Å². The van der Waals surface area contributed by atoms with Crippen molar-refractivity contribution in [1.29, 1.82) is 0 Å². The van der Waals surface area contributed by atoms with Gasteiger partial charge in [-0.25, -0.2) is 8.42 Å². The molecule has 0 aliphatic carbocycles. The molecule has 0 atom stereocenters. The smallest absolute Gasteiger partial charge is 0.264 e. The van der Waals surface area contributed by atoms with Gasteiger partial charge in [-0.1, -0.05) is 0 Å². The lowest BCUT2D eigenvalue weighted by Crippen LogP contribution is -2.26. The fourth-order valence-electron chi connectivity index (χ4n) is 2.20. The van der Waals surface area contributed by atoms with Crippen LogP contribution in [-0.4, -0.2) is 26.4 Å². The number of amides is 1. The van der Waals surface area contributed by atoms with Crippen molar-refractivity contribution in [2.24, 2.45) is 0 Å². The normalized spacial score (nSPS) is 13.7. The van der Waals surface area contributed by atoms with Crippen molar-refractivity contribution in [1.82, 2.24) is 4.98 Å². The fraction of sp³-hybridized carbons (Fsp3) is 0.143. The van der Waals surface area contributed by atoms with Crippen LogP contribution in [0.15, 0.2) is 47.6 Å².